The van der Waals surface area contributed by atoms with Gasteiger partial charge in [-0.3, -0.25) is 4.79 Å². The zero-order valence-electron chi connectivity index (χ0n) is 7.02. The highest BCUT2D eigenvalue weighted by Crippen LogP contribution is 2.00. The first kappa shape index (κ1) is 11.4. The van der Waals surface area contributed by atoms with Crippen LogP contribution in [-0.2, 0) is 9.59 Å². The summed E-state index contributed by atoms with van der Waals surface area (Å²) in [5.41, 5.74) is 4.69. The van der Waals surface area contributed by atoms with Crippen LogP contribution in [0.1, 0.15) is 25.7 Å². The molecule has 0 aromatic rings. The maximum atomic E-state index is 10.5. The summed E-state index contributed by atoms with van der Waals surface area (Å²) in [5, 5.41) is 20.9. The molecule has 0 fully saturated rings. The van der Waals surface area contributed by atoms with Gasteiger partial charge in [0.2, 0.25) is 0 Å². The van der Waals surface area contributed by atoms with Crippen LogP contribution in [0, 0.1) is 0 Å². The van der Waals surface area contributed by atoms with Crippen molar-refractivity contribution in [3.63, 3.8) is 0 Å². The molecule has 0 aliphatic rings. The van der Waals surface area contributed by atoms with E-state index in [1.165, 1.54) is 0 Å². The molecular formula is C7H11N2O4-. The van der Waals surface area contributed by atoms with Crippen LogP contribution >= 0.6 is 0 Å². The Morgan fingerprint density at radius 1 is 1.31 bits per heavy atom. The summed E-state index contributed by atoms with van der Waals surface area (Å²) in [4.78, 5) is 20.4. The molecule has 0 saturated heterocycles. The Hall–Kier alpha value is -1.59. The molecule has 0 aliphatic heterocycles. The predicted octanol–water partition coefficient (Wildman–Crippen LogP) is -1.39. The van der Waals surface area contributed by atoms with E-state index in [1.807, 2.05) is 0 Å². The van der Waals surface area contributed by atoms with Gasteiger partial charge in [-0.1, -0.05) is 5.16 Å². The Balaban J connectivity index is 3.63. The van der Waals surface area contributed by atoms with Gasteiger partial charge in [0, 0.05) is 5.97 Å². The molecule has 74 valence electrons. The first-order valence-corrected chi connectivity index (χ1v) is 3.78. The number of hydrogen-bond donors (Lipinski definition) is 2. The predicted molar refractivity (Wildman–Crippen MR) is 41.9 cm³/mol. The van der Waals surface area contributed by atoms with Gasteiger partial charge in [-0.2, -0.15) is 0 Å². The third kappa shape index (κ3) is 5.66. The van der Waals surface area contributed by atoms with Gasteiger partial charge < -0.3 is 20.8 Å². The summed E-state index contributed by atoms with van der Waals surface area (Å²) < 4.78 is 0. The highest BCUT2D eigenvalue weighted by Gasteiger charge is 2.06. The van der Waals surface area contributed by atoms with Gasteiger partial charge in [0.25, 0.3) is 5.91 Å². The third-order valence-electron chi connectivity index (χ3n) is 1.45. The Morgan fingerprint density at radius 3 is 2.23 bits per heavy atom. The van der Waals surface area contributed by atoms with Gasteiger partial charge in [-0.05, 0) is 25.7 Å². The summed E-state index contributed by atoms with van der Waals surface area (Å²) in [5.74, 6) is -1.93. The standard InChI is InChI=1S/C7H12N2O4/c8-7(12)5(9-13)3-1-2-4-6(10)11/h13H,1-4H2,(H2,8,12)(H,10,11)/p-1/b9-5+. The van der Waals surface area contributed by atoms with Crippen LogP contribution in [0.2, 0.25) is 0 Å². The van der Waals surface area contributed by atoms with Crippen molar-refractivity contribution in [3.8, 4) is 0 Å². The minimum Gasteiger partial charge on any atom is -0.550 e. The summed E-state index contributed by atoms with van der Waals surface area (Å²) in [6, 6.07) is 0. The molecule has 0 heterocycles. The number of hydrogen-bond acceptors (Lipinski definition) is 5. The summed E-state index contributed by atoms with van der Waals surface area (Å²) in [7, 11) is 0. The van der Waals surface area contributed by atoms with Crippen molar-refractivity contribution in [1.82, 2.24) is 0 Å². The second-order valence-corrected chi connectivity index (χ2v) is 2.49. The highest BCUT2D eigenvalue weighted by molar-refractivity contribution is 6.38. The molecule has 0 rings (SSSR count). The molecule has 0 aliphatic carbocycles. The van der Waals surface area contributed by atoms with E-state index in [2.05, 4.69) is 5.16 Å². The Morgan fingerprint density at radius 2 is 1.85 bits per heavy atom. The number of amides is 1. The van der Waals surface area contributed by atoms with E-state index in [9.17, 15) is 14.7 Å². The zero-order chi connectivity index (χ0) is 10.3. The van der Waals surface area contributed by atoms with E-state index in [-0.39, 0.29) is 18.6 Å². The monoisotopic (exact) mass is 187 g/mol. The fraction of sp³-hybridized carbons (Fsp3) is 0.571. The molecular weight excluding hydrogens is 176 g/mol. The molecule has 0 aromatic heterocycles. The van der Waals surface area contributed by atoms with Crippen LogP contribution in [0.5, 0.6) is 0 Å². The van der Waals surface area contributed by atoms with E-state index in [4.69, 9.17) is 10.9 Å². The number of nitrogens with two attached hydrogens (primary N) is 1. The average molecular weight is 187 g/mol. The van der Waals surface area contributed by atoms with Crippen LogP contribution in [0.3, 0.4) is 0 Å². The molecule has 0 aromatic carbocycles. The lowest BCUT2D eigenvalue weighted by atomic mass is 10.1. The Kier molecular flexibility index (Phi) is 5.25. The number of carboxylic acid groups (broad SMARTS) is 1. The lowest BCUT2D eigenvalue weighted by molar-refractivity contribution is -0.305. The van der Waals surface area contributed by atoms with Crippen molar-refractivity contribution in [2.45, 2.75) is 25.7 Å². The van der Waals surface area contributed by atoms with Crippen LogP contribution in [0.25, 0.3) is 0 Å². The molecule has 13 heavy (non-hydrogen) atoms. The van der Waals surface area contributed by atoms with E-state index < -0.39 is 11.9 Å². The van der Waals surface area contributed by atoms with Gasteiger partial charge >= 0.3 is 0 Å². The molecule has 3 N–H and O–H groups in total. The fourth-order valence-electron chi connectivity index (χ4n) is 0.784. The maximum absolute atomic E-state index is 10.5. The number of oxime groups is 1. The van der Waals surface area contributed by atoms with Crippen molar-refractivity contribution >= 4 is 17.6 Å². The number of primary amides is 1. The van der Waals surface area contributed by atoms with Crippen LogP contribution < -0.4 is 10.8 Å². The SMILES string of the molecule is NC(=O)/C(CCCCC(=O)[O-])=N/O. The average Bonchev–Trinajstić information content (AvgIpc) is 2.03. The molecule has 1 amide bonds. The van der Waals surface area contributed by atoms with Crippen molar-refractivity contribution in [2.24, 2.45) is 10.9 Å². The van der Waals surface area contributed by atoms with E-state index in [0.717, 1.165) is 0 Å². The topological polar surface area (TPSA) is 116 Å². The summed E-state index contributed by atoms with van der Waals surface area (Å²) in [6.07, 6.45) is 0.904. The summed E-state index contributed by atoms with van der Waals surface area (Å²) >= 11 is 0. The molecule has 0 atom stereocenters. The molecule has 0 radical (unpaired) electrons. The van der Waals surface area contributed by atoms with Gasteiger partial charge in [-0.15, -0.1) is 0 Å². The quantitative estimate of drug-likeness (QED) is 0.230. The molecule has 0 spiro atoms. The fourth-order valence-corrected chi connectivity index (χ4v) is 0.784. The van der Waals surface area contributed by atoms with Gasteiger partial charge in [0.05, 0.1) is 0 Å². The van der Waals surface area contributed by atoms with Gasteiger partial charge in [0.1, 0.15) is 5.71 Å². The van der Waals surface area contributed by atoms with Crippen LogP contribution in [-0.4, -0.2) is 22.8 Å². The van der Waals surface area contributed by atoms with Crippen molar-refractivity contribution in [3.05, 3.63) is 0 Å². The minimum atomic E-state index is -1.14. The Bertz CT molecular complexity index is 225. The number of carbonyl (C=O) groups excluding carboxylic acids is 2. The van der Waals surface area contributed by atoms with Crippen molar-refractivity contribution in [2.75, 3.05) is 0 Å². The maximum Gasteiger partial charge on any atom is 0.266 e. The molecule has 0 bridgehead atoms. The number of nitrogens with zero attached hydrogens (tertiary/aromatic N) is 1. The van der Waals surface area contributed by atoms with Crippen molar-refractivity contribution in [1.29, 1.82) is 0 Å². The molecule has 0 unspecified atom stereocenters. The van der Waals surface area contributed by atoms with Gasteiger partial charge in [0.15, 0.2) is 0 Å². The first-order valence-electron chi connectivity index (χ1n) is 3.78. The largest absolute Gasteiger partial charge is 0.550 e. The van der Waals surface area contributed by atoms with E-state index in [0.29, 0.717) is 12.8 Å². The number of rotatable bonds is 6. The summed E-state index contributed by atoms with van der Waals surface area (Å²) in [6.45, 7) is 0. The lowest BCUT2D eigenvalue weighted by Crippen LogP contribution is -2.24. The Labute approximate surface area is 75.0 Å². The normalized spacial score (nSPS) is 11.2. The van der Waals surface area contributed by atoms with Crippen LogP contribution in [0.4, 0.5) is 0 Å². The second kappa shape index (κ2) is 5.99. The molecule has 0 saturated carbocycles. The second-order valence-electron chi connectivity index (χ2n) is 2.49. The minimum absolute atomic E-state index is 0.0720. The number of carboxylic acids is 1. The first-order chi connectivity index (χ1) is 6.07. The van der Waals surface area contributed by atoms with Crippen molar-refractivity contribution < 1.29 is 19.9 Å². The lowest BCUT2D eigenvalue weighted by Gasteiger charge is -2.01. The van der Waals surface area contributed by atoms with Gasteiger partial charge in [-0.25, -0.2) is 0 Å². The molecule has 6 heteroatoms. The number of unbranched alkanes of at least 4 members (excludes halogenated alkanes) is 1. The highest BCUT2D eigenvalue weighted by atomic mass is 16.4. The smallest absolute Gasteiger partial charge is 0.266 e. The number of aliphatic carboxylic acids is 1. The third-order valence-corrected chi connectivity index (χ3v) is 1.45. The van der Waals surface area contributed by atoms with Crippen LogP contribution in [0.15, 0.2) is 5.16 Å². The molecule has 6 nitrogen and oxygen atoms in total. The van der Waals surface area contributed by atoms with E-state index >= 15 is 0 Å². The zero-order valence-corrected chi connectivity index (χ0v) is 7.02. The number of carbonyl (C=O) groups is 2. The van der Waals surface area contributed by atoms with E-state index in [1.54, 1.807) is 0 Å².